The molecule has 1 aromatic heterocycles. The molecule has 0 spiro atoms. The van der Waals surface area contributed by atoms with E-state index in [1.807, 2.05) is 13.8 Å². The second-order valence-electron chi connectivity index (χ2n) is 4.48. The smallest absolute Gasteiger partial charge is 0.339 e. The van der Waals surface area contributed by atoms with Crippen molar-refractivity contribution in [3.63, 3.8) is 0 Å². The fourth-order valence-electron chi connectivity index (χ4n) is 2.04. The van der Waals surface area contributed by atoms with Gasteiger partial charge in [-0.2, -0.15) is 5.10 Å². The molecule has 2 rings (SSSR count). The summed E-state index contributed by atoms with van der Waals surface area (Å²) < 4.78 is 6.32. The SMILES string of the molecule is CCn1nc(C)cc1C(=O)Nc1ccccc1C(=O)OC. The van der Waals surface area contributed by atoms with Crippen LogP contribution in [-0.2, 0) is 11.3 Å². The lowest BCUT2D eigenvalue weighted by Crippen LogP contribution is -2.19. The standard InChI is InChI=1S/C15H17N3O3/c1-4-18-13(9-10(2)17-18)14(19)16-12-8-6-5-7-11(12)15(20)21-3/h5-9H,4H2,1-3H3,(H,16,19). The van der Waals surface area contributed by atoms with Crippen LogP contribution >= 0.6 is 0 Å². The van der Waals surface area contributed by atoms with Crippen molar-refractivity contribution in [2.75, 3.05) is 12.4 Å². The van der Waals surface area contributed by atoms with Gasteiger partial charge in [-0.05, 0) is 32.0 Å². The molecule has 6 nitrogen and oxygen atoms in total. The van der Waals surface area contributed by atoms with Crippen LogP contribution in [0, 0.1) is 6.92 Å². The molecule has 0 bridgehead atoms. The molecule has 2 aromatic rings. The number of anilines is 1. The van der Waals surface area contributed by atoms with E-state index in [9.17, 15) is 9.59 Å². The lowest BCUT2D eigenvalue weighted by atomic mass is 10.1. The van der Waals surface area contributed by atoms with Crippen LogP contribution in [0.25, 0.3) is 0 Å². The summed E-state index contributed by atoms with van der Waals surface area (Å²) in [6.45, 7) is 4.33. The van der Waals surface area contributed by atoms with Crippen molar-refractivity contribution in [3.8, 4) is 0 Å². The monoisotopic (exact) mass is 287 g/mol. The molecule has 0 saturated carbocycles. The average molecular weight is 287 g/mol. The van der Waals surface area contributed by atoms with Crippen LogP contribution in [0.4, 0.5) is 5.69 Å². The molecule has 6 heteroatoms. The lowest BCUT2D eigenvalue weighted by molar-refractivity contribution is 0.0602. The Morgan fingerprint density at radius 1 is 1.33 bits per heavy atom. The van der Waals surface area contributed by atoms with Crippen LogP contribution in [0.2, 0.25) is 0 Å². The molecular formula is C15H17N3O3. The number of benzene rings is 1. The molecule has 0 saturated heterocycles. The predicted octanol–water partition coefficient (Wildman–Crippen LogP) is 2.25. The Bertz CT molecular complexity index is 677. The highest BCUT2D eigenvalue weighted by atomic mass is 16.5. The molecule has 0 radical (unpaired) electrons. The maximum absolute atomic E-state index is 12.3. The number of aryl methyl sites for hydroxylation is 2. The maximum Gasteiger partial charge on any atom is 0.339 e. The van der Waals surface area contributed by atoms with Gasteiger partial charge in [-0.15, -0.1) is 0 Å². The van der Waals surface area contributed by atoms with Gasteiger partial charge >= 0.3 is 5.97 Å². The number of rotatable bonds is 4. The number of hydrogen-bond acceptors (Lipinski definition) is 4. The van der Waals surface area contributed by atoms with Gasteiger partial charge < -0.3 is 10.1 Å². The Balaban J connectivity index is 2.30. The second kappa shape index (κ2) is 6.21. The van der Waals surface area contributed by atoms with E-state index >= 15 is 0 Å². The predicted molar refractivity (Wildman–Crippen MR) is 78.4 cm³/mol. The van der Waals surface area contributed by atoms with E-state index in [-0.39, 0.29) is 5.91 Å². The van der Waals surface area contributed by atoms with Gasteiger partial charge in [0.25, 0.3) is 5.91 Å². The third kappa shape index (κ3) is 3.10. The number of esters is 1. The molecule has 21 heavy (non-hydrogen) atoms. The summed E-state index contributed by atoms with van der Waals surface area (Å²) >= 11 is 0. The number of para-hydroxylation sites is 1. The summed E-state index contributed by atoms with van der Waals surface area (Å²) in [7, 11) is 1.30. The van der Waals surface area contributed by atoms with Crippen LogP contribution < -0.4 is 5.32 Å². The van der Waals surface area contributed by atoms with E-state index < -0.39 is 5.97 Å². The average Bonchev–Trinajstić information content (AvgIpc) is 2.88. The number of amides is 1. The topological polar surface area (TPSA) is 73.2 Å². The first-order valence-electron chi connectivity index (χ1n) is 6.60. The van der Waals surface area contributed by atoms with Crippen molar-refractivity contribution in [2.45, 2.75) is 20.4 Å². The van der Waals surface area contributed by atoms with Crippen LogP contribution in [0.5, 0.6) is 0 Å². The number of aromatic nitrogens is 2. The minimum atomic E-state index is -0.494. The van der Waals surface area contributed by atoms with Crippen molar-refractivity contribution in [1.82, 2.24) is 9.78 Å². The third-order valence-electron chi connectivity index (χ3n) is 3.01. The number of hydrogen-bond donors (Lipinski definition) is 1. The first kappa shape index (κ1) is 14.8. The van der Waals surface area contributed by atoms with Crippen molar-refractivity contribution >= 4 is 17.6 Å². The first-order chi connectivity index (χ1) is 10.1. The number of carbonyl (C=O) groups is 2. The number of carbonyl (C=O) groups excluding carboxylic acids is 2. The van der Waals surface area contributed by atoms with Crippen LogP contribution in [0.1, 0.15) is 33.5 Å². The highest BCUT2D eigenvalue weighted by molar-refractivity contribution is 6.07. The number of methoxy groups -OCH3 is 1. The molecule has 0 aliphatic carbocycles. The second-order valence-corrected chi connectivity index (χ2v) is 4.48. The zero-order valence-corrected chi connectivity index (χ0v) is 12.2. The van der Waals surface area contributed by atoms with Crippen molar-refractivity contribution in [1.29, 1.82) is 0 Å². The minimum absolute atomic E-state index is 0.311. The van der Waals surface area contributed by atoms with Crippen LogP contribution in [0.3, 0.4) is 0 Å². The highest BCUT2D eigenvalue weighted by Gasteiger charge is 2.17. The Morgan fingerprint density at radius 3 is 2.71 bits per heavy atom. The number of nitrogens with one attached hydrogen (secondary N) is 1. The van der Waals surface area contributed by atoms with Gasteiger partial charge in [0, 0.05) is 6.54 Å². The largest absolute Gasteiger partial charge is 0.465 e. The molecule has 110 valence electrons. The van der Waals surface area contributed by atoms with Gasteiger partial charge in [0.05, 0.1) is 24.1 Å². The van der Waals surface area contributed by atoms with Gasteiger partial charge in [0.2, 0.25) is 0 Å². The molecule has 0 aliphatic rings. The number of nitrogens with zero attached hydrogens (tertiary/aromatic N) is 2. The normalized spacial score (nSPS) is 10.2. The minimum Gasteiger partial charge on any atom is -0.465 e. The fourth-order valence-corrected chi connectivity index (χ4v) is 2.04. The molecular weight excluding hydrogens is 270 g/mol. The van der Waals surface area contributed by atoms with E-state index in [4.69, 9.17) is 4.74 Å². The van der Waals surface area contributed by atoms with Crippen molar-refractivity contribution < 1.29 is 14.3 Å². The highest BCUT2D eigenvalue weighted by Crippen LogP contribution is 2.17. The van der Waals surface area contributed by atoms with E-state index in [1.165, 1.54) is 7.11 Å². The fraction of sp³-hybridized carbons (Fsp3) is 0.267. The van der Waals surface area contributed by atoms with E-state index in [2.05, 4.69) is 10.4 Å². The molecule has 0 fully saturated rings. The zero-order chi connectivity index (χ0) is 15.4. The summed E-state index contributed by atoms with van der Waals surface area (Å²) in [5.41, 5.74) is 1.95. The molecule has 1 N–H and O–H groups in total. The van der Waals surface area contributed by atoms with Crippen LogP contribution in [-0.4, -0.2) is 28.8 Å². The van der Waals surface area contributed by atoms with Gasteiger partial charge in [-0.3, -0.25) is 9.48 Å². The summed E-state index contributed by atoms with van der Waals surface area (Å²) in [6.07, 6.45) is 0. The van der Waals surface area contributed by atoms with Gasteiger partial charge in [0.1, 0.15) is 5.69 Å². The Labute approximate surface area is 122 Å². The lowest BCUT2D eigenvalue weighted by Gasteiger charge is -2.10. The van der Waals surface area contributed by atoms with Gasteiger partial charge in [-0.25, -0.2) is 4.79 Å². The molecule has 1 heterocycles. The maximum atomic E-state index is 12.3. The van der Waals surface area contributed by atoms with E-state index in [0.717, 1.165) is 5.69 Å². The molecule has 0 aliphatic heterocycles. The first-order valence-corrected chi connectivity index (χ1v) is 6.60. The zero-order valence-electron chi connectivity index (χ0n) is 12.2. The summed E-state index contributed by atoms with van der Waals surface area (Å²) in [5, 5.41) is 6.96. The Morgan fingerprint density at radius 2 is 2.05 bits per heavy atom. The van der Waals surface area contributed by atoms with Crippen molar-refractivity contribution in [2.24, 2.45) is 0 Å². The Kier molecular flexibility index (Phi) is 4.37. The van der Waals surface area contributed by atoms with Crippen molar-refractivity contribution in [3.05, 3.63) is 47.3 Å². The van der Waals surface area contributed by atoms with Crippen LogP contribution in [0.15, 0.2) is 30.3 Å². The molecule has 0 unspecified atom stereocenters. The quantitative estimate of drug-likeness (QED) is 0.875. The molecule has 1 amide bonds. The molecule has 1 aromatic carbocycles. The third-order valence-corrected chi connectivity index (χ3v) is 3.01. The summed E-state index contributed by atoms with van der Waals surface area (Å²) in [6, 6.07) is 8.42. The van der Waals surface area contributed by atoms with E-state index in [1.54, 1.807) is 35.0 Å². The van der Waals surface area contributed by atoms with Gasteiger partial charge in [0.15, 0.2) is 0 Å². The number of ether oxygens (including phenoxy) is 1. The van der Waals surface area contributed by atoms with E-state index in [0.29, 0.717) is 23.5 Å². The molecule has 0 atom stereocenters. The summed E-state index contributed by atoms with van der Waals surface area (Å²) in [5.74, 6) is -0.806. The van der Waals surface area contributed by atoms with Gasteiger partial charge in [-0.1, -0.05) is 12.1 Å². The Hall–Kier alpha value is -2.63. The summed E-state index contributed by atoms with van der Waals surface area (Å²) in [4.78, 5) is 24.0.